The monoisotopic (exact) mass is 542 g/mol. The number of hydrogen-bond donors (Lipinski definition) is 2. The molecule has 2 N–H and O–H groups in total. The lowest BCUT2D eigenvalue weighted by atomic mass is 9.88. The quantitative estimate of drug-likeness (QED) is 0.485. The number of hydrogen-bond acceptors (Lipinski definition) is 7. The molecule has 3 aromatic heterocycles. The van der Waals surface area contributed by atoms with Crippen LogP contribution < -0.4 is 15.3 Å². The van der Waals surface area contributed by atoms with Gasteiger partial charge in [0.25, 0.3) is 5.91 Å². The number of fused-ring (bicyclic) bond motifs is 1. The molecular formula is C30H34N6O4. The third-order valence-electron chi connectivity index (χ3n) is 8.04. The summed E-state index contributed by atoms with van der Waals surface area (Å²) in [4.78, 5) is 45.5. The van der Waals surface area contributed by atoms with Gasteiger partial charge < -0.3 is 24.6 Å². The molecule has 2 aliphatic heterocycles. The van der Waals surface area contributed by atoms with Crippen LogP contribution >= 0.6 is 0 Å². The van der Waals surface area contributed by atoms with Gasteiger partial charge in [-0.05, 0) is 62.6 Å². The normalized spacial score (nSPS) is 22.1. The maximum atomic E-state index is 12.5. The molecule has 0 bridgehead atoms. The molecule has 5 heterocycles. The van der Waals surface area contributed by atoms with E-state index >= 15 is 0 Å². The zero-order valence-electron chi connectivity index (χ0n) is 23.0. The molecule has 3 atom stereocenters. The van der Waals surface area contributed by atoms with Crippen LogP contribution in [0.15, 0.2) is 36.8 Å². The van der Waals surface area contributed by atoms with E-state index in [0.717, 1.165) is 55.2 Å². The highest BCUT2D eigenvalue weighted by molar-refractivity contribution is 5.92. The minimum absolute atomic E-state index is 0.00439. The predicted octanol–water partition coefficient (Wildman–Crippen LogP) is 1.59. The minimum Gasteiger partial charge on any atom is -0.484 e. The van der Waals surface area contributed by atoms with Crippen molar-refractivity contribution in [1.82, 2.24) is 29.7 Å². The van der Waals surface area contributed by atoms with Crippen LogP contribution in [0.25, 0.3) is 23.5 Å². The largest absolute Gasteiger partial charge is 0.484 e. The number of H-pyrrole nitrogens is 1. The van der Waals surface area contributed by atoms with E-state index in [1.54, 1.807) is 56.4 Å². The number of ether oxygens (including phenoxy) is 1. The standard InChI is InChI=1S/C30H34N6O4/c1-18(37)36-11-4-6-26(36)21-14-23-19(12-24(34-23)25-16-33-28(17-32-25)30(2,3)39)13-27(21)40-20-7-8-22(31-15-20)29(38)35-9-5-10-35/h7-8,12-17,21,26-27,34,39H,4-6,9-11H2,1-3H3/t21?,26-,27?/m1/s1. The molecular weight excluding hydrogens is 508 g/mol. The van der Waals surface area contributed by atoms with Crippen LogP contribution in [0, 0.1) is 5.92 Å². The summed E-state index contributed by atoms with van der Waals surface area (Å²) in [5.41, 5.74) is 1.30. The van der Waals surface area contributed by atoms with Crippen LogP contribution in [-0.4, -0.2) is 78.4 Å². The SMILES string of the molecule is CC(=O)N1CCC[C@@H]1C1C=c2[nH]c(-c3cnc(C(C)(C)O)cn3)cc2=CC1Oc1ccc(C(=O)N2CCC2)nc1. The second kappa shape index (κ2) is 10.2. The van der Waals surface area contributed by atoms with E-state index < -0.39 is 5.60 Å². The average Bonchev–Trinajstić information content (AvgIpc) is 3.54. The zero-order chi connectivity index (χ0) is 28.0. The van der Waals surface area contributed by atoms with Crippen LogP contribution in [0.1, 0.15) is 56.2 Å². The first-order valence-corrected chi connectivity index (χ1v) is 13.8. The Kier molecular flexibility index (Phi) is 6.66. The van der Waals surface area contributed by atoms with Crippen LogP contribution in [-0.2, 0) is 10.4 Å². The van der Waals surface area contributed by atoms with Crippen molar-refractivity contribution in [3.05, 3.63) is 58.7 Å². The molecule has 6 rings (SSSR count). The smallest absolute Gasteiger partial charge is 0.272 e. The van der Waals surface area contributed by atoms with Crippen molar-refractivity contribution in [3.8, 4) is 17.1 Å². The molecule has 2 unspecified atom stereocenters. The van der Waals surface area contributed by atoms with Gasteiger partial charge in [0.2, 0.25) is 5.91 Å². The van der Waals surface area contributed by atoms with Crippen molar-refractivity contribution in [3.63, 3.8) is 0 Å². The summed E-state index contributed by atoms with van der Waals surface area (Å²) in [5, 5.41) is 12.1. The topological polar surface area (TPSA) is 125 Å². The summed E-state index contributed by atoms with van der Waals surface area (Å²) in [6, 6.07) is 5.52. The lowest BCUT2D eigenvalue weighted by Crippen LogP contribution is -2.47. The van der Waals surface area contributed by atoms with E-state index in [-0.39, 0.29) is 29.9 Å². The van der Waals surface area contributed by atoms with Gasteiger partial charge in [-0.25, -0.2) is 4.98 Å². The second-order valence-corrected chi connectivity index (χ2v) is 11.3. The van der Waals surface area contributed by atoms with Gasteiger partial charge in [-0.15, -0.1) is 0 Å². The van der Waals surface area contributed by atoms with Gasteiger partial charge in [0.15, 0.2) is 0 Å². The molecule has 10 heteroatoms. The Morgan fingerprint density at radius 3 is 2.50 bits per heavy atom. The fourth-order valence-corrected chi connectivity index (χ4v) is 5.70. The van der Waals surface area contributed by atoms with E-state index in [2.05, 4.69) is 32.1 Å². The highest BCUT2D eigenvalue weighted by Gasteiger charge is 2.38. The molecule has 3 aliphatic rings. The van der Waals surface area contributed by atoms with E-state index in [0.29, 0.717) is 22.8 Å². The van der Waals surface area contributed by atoms with Crippen molar-refractivity contribution in [2.75, 3.05) is 19.6 Å². The summed E-state index contributed by atoms with van der Waals surface area (Å²) < 4.78 is 6.49. The van der Waals surface area contributed by atoms with E-state index in [1.807, 2.05) is 11.0 Å². The minimum atomic E-state index is -1.07. The number of carbonyl (C=O) groups is 2. The molecule has 0 aromatic carbocycles. The summed E-state index contributed by atoms with van der Waals surface area (Å²) in [6.07, 6.45) is 11.6. The molecule has 1 aliphatic carbocycles. The van der Waals surface area contributed by atoms with E-state index in [9.17, 15) is 14.7 Å². The van der Waals surface area contributed by atoms with Gasteiger partial charge in [0, 0.05) is 43.9 Å². The summed E-state index contributed by atoms with van der Waals surface area (Å²) in [5.74, 6) is 0.487. The van der Waals surface area contributed by atoms with Gasteiger partial charge in [-0.2, -0.15) is 0 Å². The van der Waals surface area contributed by atoms with E-state index in [1.165, 1.54) is 0 Å². The molecule has 2 saturated heterocycles. The Labute approximate surface area is 232 Å². The highest BCUT2D eigenvalue weighted by atomic mass is 16.5. The number of carbonyl (C=O) groups excluding carboxylic acids is 2. The maximum Gasteiger partial charge on any atom is 0.272 e. The van der Waals surface area contributed by atoms with Gasteiger partial charge in [0.1, 0.15) is 28.8 Å². The number of nitrogens with zero attached hydrogens (tertiary/aromatic N) is 5. The Bertz CT molecular complexity index is 1540. The van der Waals surface area contributed by atoms with Gasteiger partial charge in [-0.3, -0.25) is 19.6 Å². The lowest BCUT2D eigenvalue weighted by Gasteiger charge is -2.34. The van der Waals surface area contributed by atoms with E-state index in [4.69, 9.17) is 4.74 Å². The summed E-state index contributed by atoms with van der Waals surface area (Å²) in [7, 11) is 0. The maximum absolute atomic E-state index is 12.5. The zero-order valence-corrected chi connectivity index (χ0v) is 23.0. The molecule has 3 aromatic rings. The molecule has 208 valence electrons. The number of nitrogens with one attached hydrogen (secondary N) is 1. The molecule has 2 fully saturated rings. The molecule has 40 heavy (non-hydrogen) atoms. The summed E-state index contributed by atoms with van der Waals surface area (Å²) >= 11 is 0. The number of aromatic nitrogens is 4. The number of aromatic amines is 1. The third-order valence-corrected chi connectivity index (χ3v) is 8.04. The summed E-state index contributed by atoms with van der Waals surface area (Å²) in [6.45, 7) is 7.25. The van der Waals surface area contributed by atoms with Crippen LogP contribution in [0.3, 0.4) is 0 Å². The molecule has 2 amide bonds. The second-order valence-electron chi connectivity index (χ2n) is 11.3. The fraction of sp³-hybridized carbons (Fsp3) is 0.433. The Balaban J connectivity index is 1.32. The fourth-order valence-electron chi connectivity index (χ4n) is 5.70. The number of aliphatic hydroxyl groups is 1. The Morgan fingerprint density at radius 1 is 1.05 bits per heavy atom. The van der Waals surface area contributed by atoms with Crippen LogP contribution in [0.5, 0.6) is 5.75 Å². The number of rotatable bonds is 6. The highest BCUT2D eigenvalue weighted by Crippen LogP contribution is 2.31. The molecule has 0 saturated carbocycles. The van der Waals surface area contributed by atoms with Crippen molar-refractivity contribution >= 4 is 24.0 Å². The molecule has 0 spiro atoms. The van der Waals surface area contributed by atoms with Crippen molar-refractivity contribution in [1.29, 1.82) is 0 Å². The first-order chi connectivity index (χ1) is 19.2. The Morgan fingerprint density at radius 2 is 1.88 bits per heavy atom. The van der Waals surface area contributed by atoms with Crippen LogP contribution in [0.2, 0.25) is 0 Å². The molecule has 10 nitrogen and oxygen atoms in total. The van der Waals surface area contributed by atoms with Crippen LogP contribution in [0.4, 0.5) is 0 Å². The Hall–Kier alpha value is -4.05. The lowest BCUT2D eigenvalue weighted by molar-refractivity contribution is -0.130. The first-order valence-electron chi connectivity index (χ1n) is 13.8. The number of amides is 2. The van der Waals surface area contributed by atoms with Gasteiger partial charge in [0.05, 0.1) is 30.0 Å². The third kappa shape index (κ3) is 4.99. The average molecular weight is 543 g/mol. The van der Waals surface area contributed by atoms with Crippen molar-refractivity contribution in [2.24, 2.45) is 5.92 Å². The predicted molar refractivity (Wildman–Crippen MR) is 148 cm³/mol. The molecule has 0 radical (unpaired) electrons. The van der Waals surface area contributed by atoms with Gasteiger partial charge in [-0.1, -0.05) is 6.08 Å². The van der Waals surface area contributed by atoms with Crippen molar-refractivity contribution < 1.29 is 19.4 Å². The van der Waals surface area contributed by atoms with Crippen molar-refractivity contribution in [2.45, 2.75) is 57.8 Å². The first kappa shape index (κ1) is 26.2. The number of likely N-dealkylation sites (tertiary alicyclic amines) is 2. The van der Waals surface area contributed by atoms with Gasteiger partial charge >= 0.3 is 0 Å². The number of pyridine rings is 1.